The Labute approximate surface area is 86.9 Å². The molecule has 0 radical (unpaired) electrons. The zero-order valence-corrected chi connectivity index (χ0v) is 7.99. The SMILES string of the molecule is c1ccc2nc3ccc4c(c3c-2cc1)N4. The molecule has 2 heterocycles. The number of aromatic nitrogens is 1. The van der Waals surface area contributed by atoms with Crippen molar-refractivity contribution in [2.24, 2.45) is 0 Å². The minimum Gasteiger partial charge on any atom is -0.352 e. The molecule has 0 bridgehead atoms. The lowest BCUT2D eigenvalue weighted by Gasteiger charge is -1.88. The first-order chi connectivity index (χ1) is 7.43. The van der Waals surface area contributed by atoms with Crippen molar-refractivity contribution < 1.29 is 0 Å². The average Bonchev–Trinajstić information content (AvgIpc) is 3.00. The standard InChI is InChI=1S/C13H8N2/c1-2-4-8-9(5-3-1)14-10-6-7-11-13(15-11)12(8)10/h1-7,15H. The van der Waals surface area contributed by atoms with E-state index in [1.165, 1.54) is 22.3 Å². The summed E-state index contributed by atoms with van der Waals surface area (Å²) in [6.45, 7) is 0. The van der Waals surface area contributed by atoms with Crippen molar-refractivity contribution in [1.82, 2.24) is 4.98 Å². The largest absolute Gasteiger partial charge is 0.352 e. The molecule has 2 heteroatoms. The van der Waals surface area contributed by atoms with E-state index in [-0.39, 0.29) is 0 Å². The highest BCUT2D eigenvalue weighted by atomic mass is 15.0. The van der Waals surface area contributed by atoms with Gasteiger partial charge in [-0.1, -0.05) is 24.3 Å². The molecule has 1 aromatic carbocycles. The van der Waals surface area contributed by atoms with Crippen LogP contribution in [0.2, 0.25) is 0 Å². The summed E-state index contributed by atoms with van der Waals surface area (Å²) in [6, 6.07) is 14.5. The van der Waals surface area contributed by atoms with Gasteiger partial charge in [-0.05, 0) is 18.2 Å². The van der Waals surface area contributed by atoms with Gasteiger partial charge in [0.15, 0.2) is 0 Å². The highest BCUT2D eigenvalue weighted by molar-refractivity contribution is 6.16. The molecule has 2 aliphatic heterocycles. The van der Waals surface area contributed by atoms with Crippen LogP contribution in [0.4, 0.5) is 11.4 Å². The van der Waals surface area contributed by atoms with E-state index < -0.39 is 0 Å². The Hall–Kier alpha value is -2.09. The summed E-state index contributed by atoms with van der Waals surface area (Å²) in [5.74, 6) is 0. The molecule has 1 aromatic rings. The number of anilines is 2. The van der Waals surface area contributed by atoms with E-state index in [4.69, 9.17) is 0 Å². The molecule has 2 nitrogen and oxygen atoms in total. The van der Waals surface area contributed by atoms with Gasteiger partial charge in [0.25, 0.3) is 0 Å². The molecular weight excluding hydrogens is 184 g/mol. The molecule has 4 rings (SSSR count). The summed E-state index contributed by atoms with van der Waals surface area (Å²) < 4.78 is 0. The van der Waals surface area contributed by atoms with E-state index in [1.807, 2.05) is 12.1 Å². The van der Waals surface area contributed by atoms with Crippen LogP contribution in [-0.4, -0.2) is 4.98 Å². The maximum atomic E-state index is 4.61. The van der Waals surface area contributed by atoms with Crippen molar-refractivity contribution in [2.75, 3.05) is 5.32 Å². The Balaban J connectivity index is 2.27. The van der Waals surface area contributed by atoms with Gasteiger partial charge >= 0.3 is 0 Å². The predicted octanol–water partition coefficient (Wildman–Crippen LogP) is 3.40. The number of fused-ring (bicyclic) bond motifs is 5. The zero-order chi connectivity index (χ0) is 9.83. The van der Waals surface area contributed by atoms with Crippen LogP contribution in [0.3, 0.4) is 0 Å². The summed E-state index contributed by atoms with van der Waals surface area (Å²) in [7, 11) is 0. The quantitative estimate of drug-likeness (QED) is 0.433. The molecule has 15 heavy (non-hydrogen) atoms. The molecule has 3 aliphatic rings. The van der Waals surface area contributed by atoms with Gasteiger partial charge in [-0.3, -0.25) is 0 Å². The zero-order valence-electron chi connectivity index (χ0n) is 7.99. The lowest BCUT2D eigenvalue weighted by Crippen LogP contribution is -1.67. The van der Waals surface area contributed by atoms with Gasteiger partial charge in [-0.2, -0.15) is 0 Å². The highest BCUT2D eigenvalue weighted by Crippen LogP contribution is 2.48. The van der Waals surface area contributed by atoms with Gasteiger partial charge < -0.3 is 5.32 Å². The minimum atomic E-state index is 1.07. The van der Waals surface area contributed by atoms with Crippen molar-refractivity contribution in [3.05, 3.63) is 42.5 Å². The molecule has 0 aromatic heterocycles. The molecule has 1 N–H and O–H groups in total. The van der Waals surface area contributed by atoms with Crippen molar-refractivity contribution >= 4 is 22.3 Å². The van der Waals surface area contributed by atoms with Gasteiger partial charge in [-0.25, -0.2) is 4.98 Å². The monoisotopic (exact) mass is 192 g/mol. The summed E-state index contributed by atoms with van der Waals surface area (Å²) in [4.78, 5) is 4.61. The fraction of sp³-hybridized carbons (Fsp3) is 0. The normalized spacial score (nSPS) is 12.5. The Kier molecular flexibility index (Phi) is 1.10. The molecule has 0 atom stereocenters. The third kappa shape index (κ3) is 0.859. The first-order valence-electron chi connectivity index (χ1n) is 5.02. The third-order valence-corrected chi connectivity index (χ3v) is 2.91. The lowest BCUT2D eigenvalue weighted by molar-refractivity contribution is 1.47. The van der Waals surface area contributed by atoms with Crippen LogP contribution in [0.25, 0.3) is 22.2 Å². The van der Waals surface area contributed by atoms with Crippen molar-refractivity contribution in [3.8, 4) is 11.3 Å². The summed E-state index contributed by atoms with van der Waals surface area (Å²) in [5, 5.41) is 4.54. The van der Waals surface area contributed by atoms with E-state index in [2.05, 4.69) is 40.6 Å². The Morgan fingerprint density at radius 2 is 1.87 bits per heavy atom. The number of hydrogen-bond acceptors (Lipinski definition) is 2. The minimum absolute atomic E-state index is 1.07. The molecule has 0 amide bonds. The van der Waals surface area contributed by atoms with Crippen LogP contribution < -0.4 is 5.32 Å². The van der Waals surface area contributed by atoms with Gasteiger partial charge in [0.1, 0.15) is 0 Å². The van der Waals surface area contributed by atoms with E-state index in [0.29, 0.717) is 0 Å². The number of hydrogen-bond donors (Lipinski definition) is 1. The lowest BCUT2D eigenvalue weighted by atomic mass is 10.1. The molecule has 1 aliphatic carbocycles. The molecule has 0 saturated carbocycles. The molecular formula is C13H8N2. The predicted molar refractivity (Wildman–Crippen MR) is 61.6 cm³/mol. The van der Waals surface area contributed by atoms with E-state index in [1.54, 1.807) is 0 Å². The van der Waals surface area contributed by atoms with Crippen LogP contribution in [-0.2, 0) is 0 Å². The molecule has 0 spiro atoms. The highest BCUT2D eigenvalue weighted by Gasteiger charge is 2.23. The summed E-state index contributed by atoms with van der Waals surface area (Å²) >= 11 is 0. The fourth-order valence-corrected chi connectivity index (χ4v) is 2.14. The van der Waals surface area contributed by atoms with Gasteiger partial charge in [0, 0.05) is 10.9 Å². The second-order valence-corrected chi connectivity index (χ2v) is 3.83. The van der Waals surface area contributed by atoms with E-state index in [0.717, 1.165) is 11.2 Å². The second kappa shape index (κ2) is 2.28. The Morgan fingerprint density at radius 3 is 2.87 bits per heavy atom. The maximum absolute atomic E-state index is 4.61. The van der Waals surface area contributed by atoms with Crippen LogP contribution in [0, 0.1) is 0 Å². The Bertz CT molecular complexity index is 658. The van der Waals surface area contributed by atoms with Gasteiger partial charge in [0.05, 0.1) is 22.6 Å². The van der Waals surface area contributed by atoms with Crippen LogP contribution in [0.15, 0.2) is 42.5 Å². The smallest absolute Gasteiger partial charge is 0.0738 e. The molecule has 0 saturated heterocycles. The van der Waals surface area contributed by atoms with Crippen LogP contribution >= 0.6 is 0 Å². The van der Waals surface area contributed by atoms with Crippen LogP contribution in [0.1, 0.15) is 0 Å². The van der Waals surface area contributed by atoms with E-state index in [9.17, 15) is 0 Å². The average molecular weight is 192 g/mol. The number of nitrogens with zero attached hydrogens (tertiary/aromatic N) is 1. The van der Waals surface area contributed by atoms with Crippen molar-refractivity contribution in [1.29, 1.82) is 0 Å². The van der Waals surface area contributed by atoms with Gasteiger partial charge in [0.2, 0.25) is 0 Å². The number of benzene rings is 1. The van der Waals surface area contributed by atoms with Gasteiger partial charge in [-0.15, -0.1) is 0 Å². The topological polar surface area (TPSA) is 34.8 Å². The fourth-order valence-electron chi connectivity index (χ4n) is 2.14. The first-order valence-corrected chi connectivity index (χ1v) is 5.02. The van der Waals surface area contributed by atoms with Crippen molar-refractivity contribution in [3.63, 3.8) is 0 Å². The second-order valence-electron chi connectivity index (χ2n) is 3.83. The molecule has 70 valence electrons. The number of rotatable bonds is 0. The van der Waals surface area contributed by atoms with Crippen LogP contribution in [0.5, 0.6) is 0 Å². The molecule has 0 fully saturated rings. The Morgan fingerprint density at radius 1 is 0.933 bits per heavy atom. The maximum Gasteiger partial charge on any atom is 0.0738 e. The summed E-state index contributed by atoms with van der Waals surface area (Å²) in [5.41, 5.74) is 5.87. The number of nitrogens with one attached hydrogen (secondary N) is 1. The van der Waals surface area contributed by atoms with Crippen molar-refractivity contribution in [2.45, 2.75) is 0 Å². The first kappa shape index (κ1) is 7.23. The van der Waals surface area contributed by atoms with E-state index >= 15 is 0 Å². The molecule has 0 unspecified atom stereocenters. The summed E-state index contributed by atoms with van der Waals surface area (Å²) in [6.07, 6.45) is 0. The third-order valence-electron chi connectivity index (χ3n) is 2.91.